The van der Waals surface area contributed by atoms with Crippen LogP contribution in [0.5, 0.6) is 0 Å². The molecule has 1 aromatic heterocycles. The third-order valence-corrected chi connectivity index (χ3v) is 2.81. The van der Waals surface area contributed by atoms with Crippen LogP contribution < -0.4 is 16.4 Å². The molecular formula is C11H16N4O. The van der Waals surface area contributed by atoms with Crippen LogP contribution >= 0.6 is 0 Å². The van der Waals surface area contributed by atoms with Crippen molar-refractivity contribution in [1.82, 2.24) is 4.98 Å². The molecule has 1 aliphatic rings. The van der Waals surface area contributed by atoms with Gasteiger partial charge >= 0.3 is 0 Å². The fourth-order valence-corrected chi connectivity index (χ4v) is 1.66. The number of anilines is 2. The van der Waals surface area contributed by atoms with Crippen LogP contribution in [0.15, 0.2) is 12.3 Å². The van der Waals surface area contributed by atoms with Crippen LogP contribution in [0.25, 0.3) is 0 Å². The summed E-state index contributed by atoms with van der Waals surface area (Å²) in [5.74, 6) is 0.997. The number of pyridine rings is 1. The summed E-state index contributed by atoms with van der Waals surface area (Å²) in [6, 6.07) is 1.65. The van der Waals surface area contributed by atoms with Crippen molar-refractivity contribution in [2.75, 3.05) is 24.2 Å². The quantitative estimate of drug-likeness (QED) is 0.778. The number of amides is 1. The molecule has 0 radical (unpaired) electrons. The highest BCUT2D eigenvalue weighted by molar-refractivity contribution is 5.98. The van der Waals surface area contributed by atoms with Gasteiger partial charge in [-0.25, -0.2) is 4.98 Å². The van der Waals surface area contributed by atoms with Crippen LogP contribution in [0, 0.1) is 5.92 Å². The smallest absolute Gasteiger partial charge is 0.250 e. The lowest BCUT2D eigenvalue weighted by Crippen LogP contribution is -2.22. The van der Waals surface area contributed by atoms with Gasteiger partial charge in [0.25, 0.3) is 5.91 Å². The highest BCUT2D eigenvalue weighted by Crippen LogP contribution is 2.30. The highest BCUT2D eigenvalue weighted by Gasteiger charge is 2.23. The van der Waals surface area contributed by atoms with Crippen LogP contribution in [0.1, 0.15) is 23.2 Å². The molecule has 0 aliphatic heterocycles. The average Bonchev–Trinajstić information content (AvgIpc) is 3.01. The first-order valence-electron chi connectivity index (χ1n) is 5.34. The predicted octanol–water partition coefficient (Wildman–Crippen LogP) is 0.609. The van der Waals surface area contributed by atoms with Crippen molar-refractivity contribution >= 4 is 17.4 Å². The van der Waals surface area contributed by atoms with Crippen LogP contribution in [0.2, 0.25) is 0 Å². The Morgan fingerprint density at radius 2 is 2.31 bits per heavy atom. The number of hydrogen-bond donors (Lipinski definition) is 2. The van der Waals surface area contributed by atoms with E-state index in [1.54, 1.807) is 6.07 Å². The van der Waals surface area contributed by atoms with Crippen molar-refractivity contribution in [1.29, 1.82) is 0 Å². The third-order valence-electron chi connectivity index (χ3n) is 2.81. The molecule has 4 N–H and O–H groups in total. The molecule has 5 nitrogen and oxygen atoms in total. The maximum absolute atomic E-state index is 11.1. The van der Waals surface area contributed by atoms with Gasteiger partial charge in [0.05, 0.1) is 17.4 Å². The fraction of sp³-hybridized carbons (Fsp3) is 0.455. The summed E-state index contributed by atoms with van der Waals surface area (Å²) in [6.07, 6.45) is 4.04. The van der Waals surface area contributed by atoms with Gasteiger partial charge in [-0.1, -0.05) is 0 Å². The second-order valence-corrected chi connectivity index (χ2v) is 4.32. The average molecular weight is 220 g/mol. The van der Waals surface area contributed by atoms with E-state index < -0.39 is 5.91 Å². The van der Waals surface area contributed by atoms with Gasteiger partial charge in [-0.15, -0.1) is 0 Å². The van der Waals surface area contributed by atoms with E-state index in [9.17, 15) is 4.79 Å². The molecular weight excluding hydrogens is 204 g/mol. The summed E-state index contributed by atoms with van der Waals surface area (Å²) in [7, 11) is 1.96. The summed E-state index contributed by atoms with van der Waals surface area (Å²) in [6.45, 7) is 0.967. The Bertz CT molecular complexity index is 414. The molecule has 0 spiro atoms. The summed E-state index contributed by atoms with van der Waals surface area (Å²) in [5, 5.41) is 0. The monoisotopic (exact) mass is 220 g/mol. The van der Waals surface area contributed by atoms with E-state index in [1.165, 1.54) is 19.0 Å². The van der Waals surface area contributed by atoms with Gasteiger partial charge in [-0.05, 0) is 24.8 Å². The number of nitrogens with zero attached hydrogens (tertiary/aromatic N) is 2. The molecule has 1 aromatic rings. The number of carbonyl (C=O) groups excluding carboxylic acids is 1. The first-order chi connectivity index (χ1) is 7.58. The first-order valence-corrected chi connectivity index (χ1v) is 5.34. The molecule has 0 atom stereocenters. The molecule has 1 heterocycles. The molecule has 0 aromatic carbocycles. The Morgan fingerprint density at radius 3 is 2.88 bits per heavy atom. The van der Waals surface area contributed by atoms with Crippen molar-refractivity contribution in [2.24, 2.45) is 11.7 Å². The third kappa shape index (κ3) is 2.24. The van der Waals surface area contributed by atoms with Crippen LogP contribution in [-0.2, 0) is 0 Å². The van der Waals surface area contributed by atoms with Gasteiger partial charge in [0.2, 0.25) is 0 Å². The van der Waals surface area contributed by atoms with Crippen molar-refractivity contribution in [3.05, 3.63) is 17.8 Å². The zero-order chi connectivity index (χ0) is 11.7. The van der Waals surface area contributed by atoms with E-state index in [4.69, 9.17) is 11.5 Å². The van der Waals surface area contributed by atoms with E-state index >= 15 is 0 Å². The zero-order valence-corrected chi connectivity index (χ0v) is 9.31. The predicted molar refractivity (Wildman–Crippen MR) is 63.2 cm³/mol. The van der Waals surface area contributed by atoms with Crippen LogP contribution in [0.3, 0.4) is 0 Å². The van der Waals surface area contributed by atoms with Gasteiger partial charge in [0.1, 0.15) is 5.82 Å². The topological polar surface area (TPSA) is 85.2 Å². The number of carbonyl (C=O) groups is 1. The number of primary amides is 1. The first kappa shape index (κ1) is 10.7. The van der Waals surface area contributed by atoms with Gasteiger partial charge in [-0.3, -0.25) is 4.79 Å². The molecule has 86 valence electrons. The van der Waals surface area contributed by atoms with Gasteiger partial charge < -0.3 is 16.4 Å². The minimum absolute atomic E-state index is 0.330. The molecule has 5 heteroatoms. The second kappa shape index (κ2) is 4.00. The number of nitrogens with two attached hydrogens (primary N) is 2. The SMILES string of the molecule is CN(CC1CC1)c1cc(C(N)=O)c(N)cn1. The number of rotatable bonds is 4. The Morgan fingerprint density at radius 1 is 1.62 bits per heavy atom. The van der Waals surface area contributed by atoms with E-state index in [-0.39, 0.29) is 0 Å². The Balaban J connectivity index is 2.20. The minimum Gasteiger partial charge on any atom is -0.397 e. The van der Waals surface area contributed by atoms with E-state index in [2.05, 4.69) is 4.98 Å². The van der Waals surface area contributed by atoms with Crippen LogP contribution in [0.4, 0.5) is 11.5 Å². The molecule has 16 heavy (non-hydrogen) atoms. The van der Waals surface area contributed by atoms with Crippen molar-refractivity contribution in [3.8, 4) is 0 Å². The van der Waals surface area contributed by atoms with Crippen molar-refractivity contribution in [2.45, 2.75) is 12.8 Å². The second-order valence-electron chi connectivity index (χ2n) is 4.32. The summed E-state index contributed by atoms with van der Waals surface area (Å²) >= 11 is 0. The minimum atomic E-state index is -0.513. The Kier molecular flexibility index (Phi) is 2.68. The lowest BCUT2D eigenvalue weighted by Gasteiger charge is -2.18. The zero-order valence-electron chi connectivity index (χ0n) is 9.31. The van der Waals surface area contributed by atoms with Gasteiger partial charge in [0.15, 0.2) is 0 Å². The summed E-state index contributed by atoms with van der Waals surface area (Å²) in [5.41, 5.74) is 11.5. The standard InChI is InChI=1S/C11H16N4O/c1-15(6-7-2-3-7)10-4-8(11(13)16)9(12)5-14-10/h4-5,7H,2-3,6,12H2,1H3,(H2,13,16). The fourth-order valence-electron chi connectivity index (χ4n) is 1.66. The van der Waals surface area contributed by atoms with Gasteiger partial charge in [0, 0.05) is 13.6 Å². The van der Waals surface area contributed by atoms with Crippen molar-refractivity contribution < 1.29 is 4.79 Å². The molecule has 1 amide bonds. The number of aromatic nitrogens is 1. The number of hydrogen-bond acceptors (Lipinski definition) is 4. The summed E-state index contributed by atoms with van der Waals surface area (Å²) < 4.78 is 0. The Hall–Kier alpha value is -1.78. The molecule has 1 saturated carbocycles. The van der Waals surface area contributed by atoms with Crippen LogP contribution in [-0.4, -0.2) is 24.5 Å². The van der Waals surface area contributed by atoms with E-state index in [0.29, 0.717) is 11.3 Å². The molecule has 2 rings (SSSR count). The largest absolute Gasteiger partial charge is 0.397 e. The maximum atomic E-state index is 11.1. The highest BCUT2D eigenvalue weighted by atomic mass is 16.1. The van der Waals surface area contributed by atoms with E-state index in [0.717, 1.165) is 18.3 Å². The lowest BCUT2D eigenvalue weighted by atomic mass is 10.2. The summed E-state index contributed by atoms with van der Waals surface area (Å²) in [4.78, 5) is 17.4. The lowest BCUT2D eigenvalue weighted by molar-refractivity contribution is 0.100. The molecule has 1 fully saturated rings. The molecule has 0 unspecified atom stereocenters. The number of nitrogen functional groups attached to an aromatic ring is 1. The Labute approximate surface area is 94.4 Å². The molecule has 1 aliphatic carbocycles. The molecule has 0 saturated heterocycles. The van der Waals surface area contributed by atoms with Gasteiger partial charge in [-0.2, -0.15) is 0 Å². The maximum Gasteiger partial charge on any atom is 0.250 e. The molecule has 0 bridgehead atoms. The normalized spacial score (nSPS) is 14.8. The van der Waals surface area contributed by atoms with E-state index in [1.807, 2.05) is 11.9 Å². The van der Waals surface area contributed by atoms with Crippen molar-refractivity contribution in [3.63, 3.8) is 0 Å².